The largest absolute Gasteiger partial charge is 0.465 e. The van der Waals surface area contributed by atoms with Gasteiger partial charge in [0.1, 0.15) is 12.3 Å². The second-order valence-electron chi connectivity index (χ2n) is 5.58. The van der Waals surface area contributed by atoms with Gasteiger partial charge in [-0.25, -0.2) is 14.3 Å². The summed E-state index contributed by atoms with van der Waals surface area (Å²) >= 11 is 0. The number of hydrogen-bond acceptors (Lipinski definition) is 6. The molecular formula is C19H16N2O5. The lowest BCUT2D eigenvalue weighted by Gasteiger charge is -2.09. The fourth-order valence-corrected chi connectivity index (χ4v) is 2.57. The molecule has 132 valence electrons. The minimum Gasteiger partial charge on any atom is -0.465 e. The molecule has 7 nitrogen and oxygen atoms in total. The number of esters is 2. The Hall–Kier alpha value is -3.48. The van der Waals surface area contributed by atoms with E-state index < -0.39 is 11.9 Å². The highest BCUT2D eigenvalue weighted by molar-refractivity contribution is 5.89. The molecule has 26 heavy (non-hydrogen) atoms. The molecule has 0 unspecified atom stereocenters. The summed E-state index contributed by atoms with van der Waals surface area (Å²) in [5.74, 6) is -0.862. The van der Waals surface area contributed by atoms with Gasteiger partial charge in [0.15, 0.2) is 0 Å². The number of carbonyl (C=O) groups is 2. The first kappa shape index (κ1) is 17.3. The van der Waals surface area contributed by atoms with Crippen LogP contribution in [0.5, 0.6) is 5.75 Å². The van der Waals surface area contributed by atoms with E-state index in [1.165, 1.54) is 31.4 Å². The van der Waals surface area contributed by atoms with Crippen molar-refractivity contribution in [1.82, 2.24) is 9.78 Å². The molecule has 0 radical (unpaired) electrons. The third kappa shape index (κ3) is 3.46. The highest BCUT2D eigenvalue weighted by Gasteiger charge is 2.13. The van der Waals surface area contributed by atoms with E-state index in [-0.39, 0.29) is 17.9 Å². The molecule has 0 aliphatic rings. The maximum Gasteiger partial charge on any atom is 0.337 e. The van der Waals surface area contributed by atoms with Gasteiger partial charge in [0.2, 0.25) is 0 Å². The smallest absolute Gasteiger partial charge is 0.337 e. The molecule has 0 spiro atoms. The van der Waals surface area contributed by atoms with E-state index in [1.54, 1.807) is 19.1 Å². The molecule has 0 bridgehead atoms. The van der Waals surface area contributed by atoms with Crippen LogP contribution in [0.1, 0.15) is 16.1 Å². The normalized spacial score (nSPS) is 10.5. The number of aryl methyl sites for hydroxylation is 1. The number of methoxy groups -OCH3 is 1. The highest BCUT2D eigenvalue weighted by Crippen LogP contribution is 2.14. The predicted octanol–water partition coefficient (Wildman–Crippen LogP) is 2.10. The Kier molecular flexibility index (Phi) is 4.79. The van der Waals surface area contributed by atoms with Gasteiger partial charge in [0.05, 0.1) is 23.8 Å². The molecule has 0 atom stereocenters. The van der Waals surface area contributed by atoms with Gasteiger partial charge < -0.3 is 9.47 Å². The number of nitrogens with zero attached hydrogens (tertiary/aromatic N) is 2. The van der Waals surface area contributed by atoms with Crippen LogP contribution in [0.25, 0.3) is 10.8 Å². The summed E-state index contributed by atoms with van der Waals surface area (Å²) in [4.78, 5) is 36.0. The lowest BCUT2D eigenvalue weighted by atomic mass is 10.1. The van der Waals surface area contributed by atoms with E-state index in [4.69, 9.17) is 4.74 Å². The van der Waals surface area contributed by atoms with Crippen LogP contribution in [0, 0.1) is 6.92 Å². The summed E-state index contributed by atoms with van der Waals surface area (Å²) in [6, 6.07) is 13.0. The van der Waals surface area contributed by atoms with Gasteiger partial charge in [-0.15, -0.1) is 0 Å². The van der Waals surface area contributed by atoms with Crippen LogP contribution < -0.4 is 10.3 Å². The Bertz CT molecular complexity index is 1040. The van der Waals surface area contributed by atoms with Crippen LogP contribution in [0.15, 0.2) is 53.3 Å². The van der Waals surface area contributed by atoms with Crippen molar-refractivity contribution in [3.63, 3.8) is 0 Å². The second-order valence-corrected chi connectivity index (χ2v) is 5.58. The number of rotatable bonds is 4. The zero-order chi connectivity index (χ0) is 18.7. The van der Waals surface area contributed by atoms with Crippen LogP contribution in [-0.4, -0.2) is 28.8 Å². The first-order valence-electron chi connectivity index (χ1n) is 7.85. The zero-order valence-corrected chi connectivity index (χ0v) is 14.3. The third-order valence-electron chi connectivity index (χ3n) is 3.84. The summed E-state index contributed by atoms with van der Waals surface area (Å²) in [5.41, 5.74) is 0.634. The molecule has 0 saturated heterocycles. The first-order valence-corrected chi connectivity index (χ1v) is 7.85. The summed E-state index contributed by atoms with van der Waals surface area (Å²) in [6.07, 6.45) is 0. The number of carbonyl (C=O) groups excluding carboxylic acids is 2. The maximum atomic E-state index is 12.5. The monoisotopic (exact) mass is 352 g/mol. The topological polar surface area (TPSA) is 87.5 Å². The number of hydrogen-bond donors (Lipinski definition) is 0. The summed E-state index contributed by atoms with van der Waals surface area (Å²) in [5, 5.41) is 5.42. The molecule has 1 aromatic heterocycles. The second kappa shape index (κ2) is 7.18. The standard InChI is InChI=1S/C19H16N2O5/c1-12-15-5-3-4-6-16(15)18(23)21(20-12)11-17(22)26-14-9-7-13(8-10-14)19(24)25-2/h3-10H,11H2,1-2H3. The predicted molar refractivity (Wildman–Crippen MR) is 94.2 cm³/mol. The molecule has 1 heterocycles. The van der Waals surface area contributed by atoms with E-state index in [0.29, 0.717) is 16.6 Å². The van der Waals surface area contributed by atoms with Gasteiger partial charge in [-0.1, -0.05) is 18.2 Å². The van der Waals surface area contributed by atoms with Crippen molar-refractivity contribution in [3.8, 4) is 5.75 Å². The fourth-order valence-electron chi connectivity index (χ4n) is 2.57. The van der Waals surface area contributed by atoms with Crippen molar-refractivity contribution in [2.45, 2.75) is 13.5 Å². The molecule has 7 heteroatoms. The lowest BCUT2D eigenvalue weighted by molar-refractivity contribution is -0.135. The molecule has 3 aromatic rings. The molecule has 3 rings (SSSR count). The quantitative estimate of drug-likeness (QED) is 0.528. The van der Waals surface area contributed by atoms with E-state index in [1.807, 2.05) is 12.1 Å². The average molecular weight is 352 g/mol. The van der Waals surface area contributed by atoms with Crippen LogP contribution in [0.2, 0.25) is 0 Å². The molecule has 2 aromatic carbocycles. The van der Waals surface area contributed by atoms with E-state index in [2.05, 4.69) is 9.84 Å². The average Bonchev–Trinajstić information content (AvgIpc) is 2.66. The van der Waals surface area contributed by atoms with Gasteiger partial charge in [0.25, 0.3) is 5.56 Å². The fraction of sp³-hybridized carbons (Fsp3) is 0.158. The first-order chi connectivity index (χ1) is 12.5. The van der Waals surface area contributed by atoms with E-state index >= 15 is 0 Å². The van der Waals surface area contributed by atoms with Crippen LogP contribution in [-0.2, 0) is 16.1 Å². The Balaban J connectivity index is 1.78. The minimum atomic E-state index is -0.639. The summed E-state index contributed by atoms with van der Waals surface area (Å²) < 4.78 is 10.9. The Morgan fingerprint density at radius 1 is 1.04 bits per heavy atom. The van der Waals surface area contributed by atoms with Crippen molar-refractivity contribution in [2.75, 3.05) is 7.11 Å². The van der Waals surface area contributed by atoms with Crippen molar-refractivity contribution >= 4 is 22.7 Å². The van der Waals surface area contributed by atoms with E-state index in [9.17, 15) is 14.4 Å². The zero-order valence-electron chi connectivity index (χ0n) is 14.3. The van der Waals surface area contributed by atoms with Crippen molar-refractivity contribution < 1.29 is 19.1 Å². The van der Waals surface area contributed by atoms with Crippen LogP contribution in [0.4, 0.5) is 0 Å². The molecule has 0 saturated carbocycles. The van der Waals surface area contributed by atoms with E-state index in [0.717, 1.165) is 10.1 Å². The minimum absolute atomic E-state index is 0.258. The molecule has 0 aliphatic heterocycles. The van der Waals surface area contributed by atoms with Crippen molar-refractivity contribution in [1.29, 1.82) is 0 Å². The van der Waals surface area contributed by atoms with Crippen molar-refractivity contribution in [3.05, 3.63) is 70.1 Å². The van der Waals surface area contributed by atoms with Gasteiger partial charge in [-0.05, 0) is 37.3 Å². The van der Waals surface area contributed by atoms with Gasteiger partial charge in [-0.2, -0.15) is 5.10 Å². The number of ether oxygens (including phenoxy) is 2. The number of benzene rings is 2. The molecule has 0 fully saturated rings. The van der Waals surface area contributed by atoms with Crippen molar-refractivity contribution in [2.24, 2.45) is 0 Å². The Morgan fingerprint density at radius 3 is 2.35 bits per heavy atom. The highest BCUT2D eigenvalue weighted by atomic mass is 16.5. The Labute approximate surface area is 148 Å². The molecule has 0 amide bonds. The molecular weight excluding hydrogens is 336 g/mol. The summed E-state index contributed by atoms with van der Waals surface area (Å²) in [6.45, 7) is 1.46. The summed E-state index contributed by atoms with van der Waals surface area (Å²) in [7, 11) is 1.28. The van der Waals surface area contributed by atoms with Gasteiger partial charge in [-0.3, -0.25) is 4.79 Å². The van der Waals surface area contributed by atoms with Gasteiger partial charge in [0, 0.05) is 5.39 Å². The Morgan fingerprint density at radius 2 is 1.69 bits per heavy atom. The maximum absolute atomic E-state index is 12.5. The lowest BCUT2D eigenvalue weighted by Crippen LogP contribution is -2.29. The number of aromatic nitrogens is 2. The number of fused-ring (bicyclic) bond motifs is 1. The third-order valence-corrected chi connectivity index (χ3v) is 3.84. The van der Waals surface area contributed by atoms with Crippen LogP contribution in [0.3, 0.4) is 0 Å². The molecule has 0 N–H and O–H groups in total. The molecule has 0 aliphatic carbocycles. The van der Waals surface area contributed by atoms with Crippen LogP contribution >= 0.6 is 0 Å². The SMILES string of the molecule is COC(=O)c1ccc(OC(=O)Cn2nc(C)c3ccccc3c2=O)cc1. The van der Waals surface area contributed by atoms with Gasteiger partial charge >= 0.3 is 11.9 Å².